The zero-order chi connectivity index (χ0) is 35.4. The lowest BCUT2D eigenvalue weighted by molar-refractivity contribution is -0.137. The van der Waals surface area contributed by atoms with E-state index in [2.05, 4.69) is 23.2 Å². The first-order valence-electron chi connectivity index (χ1n) is 15.3. The highest BCUT2D eigenvalue weighted by Gasteiger charge is 2.30. The monoisotopic (exact) mass is 667 g/mol. The summed E-state index contributed by atoms with van der Waals surface area (Å²) in [5.41, 5.74) is 3.25. The molecule has 0 saturated heterocycles. The van der Waals surface area contributed by atoms with Crippen LogP contribution in [0.5, 0.6) is 0 Å². The van der Waals surface area contributed by atoms with Crippen LogP contribution in [-0.2, 0) is 15.8 Å². The zero-order valence-corrected chi connectivity index (χ0v) is 27.0. The van der Waals surface area contributed by atoms with Crippen LogP contribution in [0.1, 0.15) is 50.2 Å². The zero-order valence-electron chi connectivity index (χ0n) is 27.0. The van der Waals surface area contributed by atoms with Gasteiger partial charge in [-0.05, 0) is 90.6 Å². The number of halogens is 5. The van der Waals surface area contributed by atoms with Gasteiger partial charge in [0, 0.05) is 43.7 Å². The fourth-order valence-corrected chi connectivity index (χ4v) is 4.45. The van der Waals surface area contributed by atoms with Crippen molar-refractivity contribution in [3.05, 3.63) is 116 Å². The van der Waals surface area contributed by atoms with Crippen LogP contribution >= 0.6 is 0 Å². The standard InChI is InChI=1S/C18H19F2N3O.C16H13F3N2O.C2H6/c1-2-18(24)22(10-9-17(19)20)15-5-7-16(8-6-15)23-12-14(11-21-23)13-3-4-13;1-3-15(22)21(2)14-9-6-12(10-20-14)11-4-7-13(8-5-11)16(17,18)19;1-2/h2,5-8,11-13,17H,1,3-4,9-10H2;3-10H,1H2,2H3;1-2H3. The summed E-state index contributed by atoms with van der Waals surface area (Å²) in [6.07, 6.45) is 2.96. The minimum atomic E-state index is -4.35. The summed E-state index contributed by atoms with van der Waals surface area (Å²) in [5, 5.41) is 4.35. The Morgan fingerprint density at radius 2 is 1.52 bits per heavy atom. The summed E-state index contributed by atoms with van der Waals surface area (Å²) in [7, 11) is 1.56. The Morgan fingerprint density at radius 3 is 2.02 bits per heavy atom. The lowest BCUT2D eigenvalue weighted by atomic mass is 10.1. The number of carbonyl (C=O) groups is 2. The molecule has 0 N–H and O–H groups in total. The molecule has 12 heteroatoms. The van der Waals surface area contributed by atoms with Crippen LogP contribution in [0, 0.1) is 0 Å². The molecule has 2 heterocycles. The molecule has 2 aromatic carbocycles. The van der Waals surface area contributed by atoms with Crippen molar-refractivity contribution >= 4 is 23.3 Å². The van der Waals surface area contributed by atoms with Crippen molar-refractivity contribution in [2.45, 2.75) is 51.6 Å². The van der Waals surface area contributed by atoms with Crippen molar-refractivity contribution in [2.75, 3.05) is 23.4 Å². The van der Waals surface area contributed by atoms with E-state index in [0.717, 1.165) is 23.9 Å². The lowest BCUT2D eigenvalue weighted by Crippen LogP contribution is -2.31. The van der Waals surface area contributed by atoms with Crippen LogP contribution in [0.2, 0.25) is 0 Å². The highest BCUT2D eigenvalue weighted by Crippen LogP contribution is 2.40. The molecule has 1 aliphatic rings. The summed E-state index contributed by atoms with van der Waals surface area (Å²) >= 11 is 0. The maximum absolute atomic E-state index is 12.5. The number of nitrogens with zero attached hydrogens (tertiary/aromatic N) is 5. The number of hydrogen-bond donors (Lipinski definition) is 0. The fraction of sp³-hybridized carbons (Fsp3) is 0.278. The second-order valence-electron chi connectivity index (χ2n) is 10.5. The maximum atomic E-state index is 12.5. The second-order valence-corrected chi connectivity index (χ2v) is 10.5. The molecular formula is C36H38F5N5O2. The molecule has 0 atom stereocenters. The quantitative estimate of drug-likeness (QED) is 0.125. The molecule has 4 aromatic rings. The second kappa shape index (κ2) is 17.1. The van der Waals surface area contributed by atoms with Crippen LogP contribution in [0.4, 0.5) is 33.5 Å². The van der Waals surface area contributed by atoms with Crippen molar-refractivity contribution in [1.29, 1.82) is 0 Å². The number of likely N-dealkylation sites (N-methyl/N-ethyl adjacent to an activating group) is 1. The Morgan fingerprint density at radius 1 is 0.917 bits per heavy atom. The molecule has 2 amide bonds. The van der Waals surface area contributed by atoms with E-state index in [1.807, 2.05) is 38.4 Å². The molecule has 0 radical (unpaired) electrons. The highest BCUT2D eigenvalue weighted by atomic mass is 19.4. The number of anilines is 2. The number of benzene rings is 2. The third kappa shape index (κ3) is 10.2. The summed E-state index contributed by atoms with van der Waals surface area (Å²) in [4.78, 5) is 30.1. The van der Waals surface area contributed by atoms with E-state index >= 15 is 0 Å². The SMILES string of the molecule is C=CC(=O)N(C)c1ccc(-c2ccc(C(F)(F)F)cc2)cn1.C=CC(=O)N(CCC(F)F)c1ccc(-n2cc(C3CC3)cn2)cc1.CC. The number of rotatable bonds is 10. The molecule has 1 saturated carbocycles. The number of alkyl halides is 5. The molecule has 0 unspecified atom stereocenters. The molecule has 5 rings (SSSR count). The lowest BCUT2D eigenvalue weighted by Gasteiger charge is -2.21. The first-order chi connectivity index (χ1) is 22.9. The van der Waals surface area contributed by atoms with E-state index in [0.29, 0.717) is 28.6 Å². The number of amides is 2. The van der Waals surface area contributed by atoms with E-state index in [1.54, 1.807) is 36.0 Å². The Hall–Kier alpha value is -5.13. The average molecular weight is 668 g/mol. The summed E-state index contributed by atoms with van der Waals surface area (Å²) < 4.78 is 64.3. The van der Waals surface area contributed by atoms with Gasteiger partial charge < -0.3 is 4.90 Å². The van der Waals surface area contributed by atoms with Gasteiger partial charge in [0.2, 0.25) is 12.3 Å². The molecule has 1 fully saturated rings. The van der Waals surface area contributed by atoms with Gasteiger partial charge in [-0.2, -0.15) is 18.3 Å². The maximum Gasteiger partial charge on any atom is 0.416 e. The van der Waals surface area contributed by atoms with E-state index < -0.39 is 24.1 Å². The normalized spacial score (nSPS) is 12.2. The number of aromatic nitrogens is 3. The smallest absolute Gasteiger partial charge is 0.309 e. The molecule has 48 heavy (non-hydrogen) atoms. The molecule has 0 aliphatic heterocycles. The van der Waals surface area contributed by atoms with Gasteiger partial charge in [0.1, 0.15) is 5.82 Å². The summed E-state index contributed by atoms with van der Waals surface area (Å²) in [6.45, 7) is 10.8. The Balaban J connectivity index is 0.000000249. The minimum Gasteiger partial charge on any atom is -0.309 e. The van der Waals surface area contributed by atoms with Crippen LogP contribution in [0.25, 0.3) is 16.8 Å². The first-order valence-corrected chi connectivity index (χ1v) is 15.3. The first kappa shape index (κ1) is 37.3. The predicted molar refractivity (Wildman–Crippen MR) is 178 cm³/mol. The average Bonchev–Trinajstić information content (AvgIpc) is 3.84. The van der Waals surface area contributed by atoms with Gasteiger partial charge in [0.25, 0.3) is 5.91 Å². The van der Waals surface area contributed by atoms with Crippen molar-refractivity contribution < 1.29 is 31.5 Å². The van der Waals surface area contributed by atoms with Crippen LogP contribution in [-0.4, -0.2) is 46.6 Å². The fourth-order valence-electron chi connectivity index (χ4n) is 4.45. The summed E-state index contributed by atoms with van der Waals surface area (Å²) in [5.74, 6) is 0.377. The molecule has 254 valence electrons. The largest absolute Gasteiger partial charge is 0.416 e. The Labute approximate surface area is 277 Å². The van der Waals surface area contributed by atoms with E-state index in [9.17, 15) is 31.5 Å². The molecule has 7 nitrogen and oxygen atoms in total. The van der Waals surface area contributed by atoms with Crippen molar-refractivity contribution in [3.63, 3.8) is 0 Å². The van der Waals surface area contributed by atoms with Crippen molar-refractivity contribution in [1.82, 2.24) is 14.8 Å². The molecule has 2 aromatic heterocycles. The molecule has 1 aliphatic carbocycles. The van der Waals surface area contributed by atoms with Crippen molar-refractivity contribution in [2.24, 2.45) is 0 Å². The third-order valence-electron chi connectivity index (χ3n) is 7.23. The highest BCUT2D eigenvalue weighted by molar-refractivity contribution is 6.01. The van der Waals surface area contributed by atoms with Crippen LogP contribution in [0.15, 0.2) is 105 Å². The number of hydrogen-bond acceptors (Lipinski definition) is 4. The minimum absolute atomic E-state index is 0.0462. The van der Waals surface area contributed by atoms with Crippen LogP contribution in [0.3, 0.4) is 0 Å². The van der Waals surface area contributed by atoms with Gasteiger partial charge in [-0.1, -0.05) is 39.1 Å². The molecule has 0 spiro atoms. The topological polar surface area (TPSA) is 71.3 Å². The Bertz CT molecular complexity index is 1650. The van der Waals surface area contributed by atoms with Crippen molar-refractivity contribution in [3.8, 4) is 16.8 Å². The van der Waals surface area contributed by atoms with Crippen LogP contribution < -0.4 is 9.80 Å². The third-order valence-corrected chi connectivity index (χ3v) is 7.23. The van der Waals surface area contributed by atoms with Gasteiger partial charge in [-0.25, -0.2) is 18.4 Å². The van der Waals surface area contributed by atoms with Gasteiger partial charge in [-0.15, -0.1) is 0 Å². The van der Waals surface area contributed by atoms with Gasteiger partial charge in [0.15, 0.2) is 0 Å². The van der Waals surface area contributed by atoms with E-state index in [-0.39, 0.29) is 18.9 Å². The van der Waals surface area contributed by atoms with E-state index in [4.69, 9.17) is 0 Å². The van der Waals surface area contributed by atoms with Gasteiger partial charge in [-0.3, -0.25) is 14.5 Å². The predicted octanol–water partition coefficient (Wildman–Crippen LogP) is 8.87. The molecular weight excluding hydrogens is 629 g/mol. The molecule has 0 bridgehead atoms. The summed E-state index contributed by atoms with van der Waals surface area (Å²) in [6, 6.07) is 15.3. The van der Waals surface area contributed by atoms with Gasteiger partial charge >= 0.3 is 6.18 Å². The Kier molecular flexibility index (Phi) is 13.3. The van der Waals surface area contributed by atoms with E-state index in [1.165, 1.54) is 52.6 Å². The number of pyridine rings is 1. The van der Waals surface area contributed by atoms with Gasteiger partial charge in [0.05, 0.1) is 17.4 Å². The number of carbonyl (C=O) groups excluding carboxylic acids is 2.